The number of hydrogen-bond donors (Lipinski definition) is 5. The molecule has 2 aromatic rings. The summed E-state index contributed by atoms with van der Waals surface area (Å²) in [5.41, 5.74) is -1.07. The van der Waals surface area contributed by atoms with E-state index in [2.05, 4.69) is 30.6 Å². The number of aromatic amines is 1. The van der Waals surface area contributed by atoms with Crippen LogP contribution in [0.3, 0.4) is 0 Å². The number of carbonyl (C=O) groups excluding carboxylic acids is 5. The van der Waals surface area contributed by atoms with Gasteiger partial charge in [0.2, 0.25) is 21.8 Å². The maximum atomic E-state index is 14.3. The van der Waals surface area contributed by atoms with E-state index in [1.165, 1.54) is 4.90 Å². The van der Waals surface area contributed by atoms with Gasteiger partial charge >= 0.3 is 6.09 Å². The molecule has 50 heavy (non-hydrogen) atoms. The summed E-state index contributed by atoms with van der Waals surface area (Å²) in [5.74, 6) is -2.92. The molecule has 0 unspecified atom stereocenters. The number of nitrogens with zero attached hydrogens (tertiary/aromatic N) is 2. The normalized spacial score (nSPS) is 28.3. The van der Waals surface area contributed by atoms with Crippen LogP contribution in [0.4, 0.5) is 4.79 Å². The second-order valence-corrected chi connectivity index (χ2v) is 16.7. The highest BCUT2D eigenvalue weighted by Gasteiger charge is 2.62. The number of benzene rings is 1. The largest absolute Gasteiger partial charge is 0.444 e. The van der Waals surface area contributed by atoms with Gasteiger partial charge < -0.3 is 30.6 Å². The molecule has 5 N–H and O–H groups in total. The molecule has 1 aromatic heterocycles. The number of fused-ring (bicyclic) bond motifs is 3. The third-order valence-corrected chi connectivity index (χ3v) is 11.3. The number of ether oxygens (including phenoxy) is 1. The molecule has 3 heterocycles. The Hall–Kier alpha value is -4.47. The molecule has 1 aromatic carbocycles. The molecule has 0 radical (unpaired) electrons. The van der Waals surface area contributed by atoms with Crippen molar-refractivity contribution in [3.63, 3.8) is 0 Å². The summed E-state index contributed by atoms with van der Waals surface area (Å²) < 4.78 is 33.1. The van der Waals surface area contributed by atoms with Gasteiger partial charge in [0, 0.05) is 18.5 Å². The van der Waals surface area contributed by atoms with Crippen LogP contribution in [-0.2, 0) is 29.1 Å². The Balaban J connectivity index is 1.27. The monoisotopic (exact) mass is 711 g/mol. The number of hydrogen-bond acceptors (Lipinski definition) is 9. The Morgan fingerprint density at radius 3 is 2.52 bits per heavy atom. The SMILES string of the molecule is CC(C)(C)OC(=O)N[C@H]1CCCCC/C=C\[C@@H]2C[C@@]2(C(=O)NS(=O)(=O)C2CC2)NC(=O)[C@@H]2C[C@@H](NC(=O)c3nc4ccccc4[nH]3)CN2C1=O. The van der Waals surface area contributed by atoms with Gasteiger partial charge in [0.15, 0.2) is 5.82 Å². The molecule has 0 bridgehead atoms. The summed E-state index contributed by atoms with van der Waals surface area (Å²) in [7, 11) is -3.90. The first-order valence-electron chi connectivity index (χ1n) is 17.3. The molecule has 16 heteroatoms. The number of carbonyl (C=O) groups is 5. The molecule has 2 aliphatic heterocycles. The Bertz CT molecular complexity index is 1780. The van der Waals surface area contributed by atoms with Gasteiger partial charge in [-0.1, -0.05) is 37.1 Å². The van der Waals surface area contributed by atoms with Crippen molar-refractivity contribution < 1.29 is 37.1 Å². The zero-order valence-corrected chi connectivity index (χ0v) is 29.3. The van der Waals surface area contributed by atoms with Gasteiger partial charge in [-0.05, 0) is 77.8 Å². The smallest absolute Gasteiger partial charge is 0.408 e. The van der Waals surface area contributed by atoms with Crippen molar-refractivity contribution >= 4 is 50.8 Å². The second kappa shape index (κ2) is 13.7. The van der Waals surface area contributed by atoms with Gasteiger partial charge in [0.1, 0.15) is 23.2 Å². The van der Waals surface area contributed by atoms with E-state index in [9.17, 15) is 32.4 Å². The van der Waals surface area contributed by atoms with Gasteiger partial charge in [-0.3, -0.25) is 23.9 Å². The van der Waals surface area contributed by atoms with Crippen molar-refractivity contribution in [3.05, 3.63) is 42.2 Å². The highest BCUT2D eigenvalue weighted by molar-refractivity contribution is 7.91. The topological polar surface area (TPSA) is 209 Å². The Kier molecular flexibility index (Phi) is 9.68. The van der Waals surface area contributed by atoms with E-state index >= 15 is 0 Å². The fourth-order valence-electron chi connectivity index (χ4n) is 6.67. The Morgan fingerprint density at radius 1 is 1.04 bits per heavy atom. The molecule has 5 amide bonds. The van der Waals surface area contributed by atoms with Gasteiger partial charge in [0.05, 0.1) is 16.3 Å². The summed E-state index contributed by atoms with van der Waals surface area (Å²) in [4.78, 5) is 76.9. The lowest BCUT2D eigenvalue weighted by atomic mass is 10.0. The fraction of sp³-hybridized carbons (Fsp3) is 0.588. The molecule has 2 saturated carbocycles. The number of imidazole rings is 1. The number of H-pyrrole nitrogens is 1. The fourth-order valence-corrected chi connectivity index (χ4v) is 8.03. The summed E-state index contributed by atoms with van der Waals surface area (Å²) >= 11 is 0. The molecule has 0 spiro atoms. The van der Waals surface area contributed by atoms with Gasteiger partial charge in [0.25, 0.3) is 11.8 Å². The lowest BCUT2D eigenvalue weighted by molar-refractivity contribution is -0.141. The summed E-state index contributed by atoms with van der Waals surface area (Å²) in [6.45, 7) is 5.07. The van der Waals surface area contributed by atoms with E-state index in [0.717, 1.165) is 12.8 Å². The number of alkyl carbamates (subject to hydrolysis) is 1. The highest BCUT2D eigenvalue weighted by atomic mass is 32.2. The maximum absolute atomic E-state index is 14.3. The molecule has 2 aliphatic carbocycles. The van der Waals surface area contributed by atoms with E-state index in [-0.39, 0.29) is 31.6 Å². The number of sulfonamides is 1. The molecule has 3 fully saturated rings. The number of rotatable bonds is 6. The molecule has 4 aliphatic rings. The predicted octanol–water partition coefficient (Wildman–Crippen LogP) is 2.16. The molecule has 15 nitrogen and oxygen atoms in total. The number of nitrogens with one attached hydrogen (secondary N) is 5. The van der Waals surface area contributed by atoms with E-state index in [1.54, 1.807) is 39.0 Å². The quantitative estimate of drug-likeness (QED) is 0.278. The predicted molar refractivity (Wildman–Crippen MR) is 182 cm³/mol. The van der Waals surface area contributed by atoms with Crippen molar-refractivity contribution in [3.8, 4) is 0 Å². The van der Waals surface area contributed by atoms with Gasteiger partial charge in [-0.25, -0.2) is 18.2 Å². The molecule has 1 saturated heterocycles. The average molecular weight is 712 g/mol. The van der Waals surface area contributed by atoms with Crippen LogP contribution in [0.5, 0.6) is 0 Å². The van der Waals surface area contributed by atoms with Crippen LogP contribution in [0, 0.1) is 5.92 Å². The van der Waals surface area contributed by atoms with Crippen molar-refractivity contribution in [1.82, 2.24) is 35.5 Å². The Labute approximate surface area is 290 Å². The second-order valence-electron chi connectivity index (χ2n) is 14.7. The molecular formula is C34H45N7O8S. The van der Waals surface area contributed by atoms with Crippen molar-refractivity contribution in [2.75, 3.05) is 6.54 Å². The number of amides is 5. The molecular weight excluding hydrogens is 666 g/mol. The third kappa shape index (κ3) is 7.95. The number of para-hydroxylation sites is 2. The van der Waals surface area contributed by atoms with E-state index in [4.69, 9.17) is 4.74 Å². The van der Waals surface area contributed by atoms with Crippen LogP contribution in [0.1, 0.15) is 89.2 Å². The minimum absolute atomic E-state index is 0.00127. The van der Waals surface area contributed by atoms with Crippen LogP contribution >= 0.6 is 0 Å². The average Bonchev–Trinajstić information content (AvgIpc) is 3.92. The molecule has 270 valence electrons. The summed E-state index contributed by atoms with van der Waals surface area (Å²) in [5, 5.41) is 7.76. The van der Waals surface area contributed by atoms with Gasteiger partial charge in [-0.15, -0.1) is 0 Å². The zero-order chi connectivity index (χ0) is 35.8. The van der Waals surface area contributed by atoms with Crippen LogP contribution in [0.2, 0.25) is 0 Å². The van der Waals surface area contributed by atoms with Crippen molar-refractivity contribution in [1.29, 1.82) is 0 Å². The van der Waals surface area contributed by atoms with E-state index < -0.39 is 80.2 Å². The van der Waals surface area contributed by atoms with Crippen LogP contribution in [-0.4, -0.2) is 94.1 Å². The van der Waals surface area contributed by atoms with E-state index in [1.807, 2.05) is 18.2 Å². The first kappa shape index (κ1) is 35.4. The van der Waals surface area contributed by atoms with Crippen molar-refractivity contribution in [2.45, 2.75) is 113 Å². The van der Waals surface area contributed by atoms with Gasteiger partial charge in [-0.2, -0.15) is 0 Å². The van der Waals surface area contributed by atoms with Crippen molar-refractivity contribution in [2.24, 2.45) is 5.92 Å². The minimum atomic E-state index is -3.90. The molecule has 6 rings (SSSR count). The minimum Gasteiger partial charge on any atom is -0.444 e. The number of aromatic nitrogens is 2. The van der Waals surface area contributed by atoms with Crippen LogP contribution < -0.4 is 20.7 Å². The maximum Gasteiger partial charge on any atom is 0.408 e. The Morgan fingerprint density at radius 2 is 1.80 bits per heavy atom. The zero-order valence-electron chi connectivity index (χ0n) is 28.5. The first-order chi connectivity index (χ1) is 23.6. The third-order valence-electron chi connectivity index (χ3n) is 9.51. The summed E-state index contributed by atoms with van der Waals surface area (Å²) in [6, 6.07) is 4.30. The van der Waals surface area contributed by atoms with Crippen LogP contribution in [0.25, 0.3) is 11.0 Å². The number of allylic oxidation sites excluding steroid dienone is 1. The van der Waals surface area contributed by atoms with Crippen LogP contribution in [0.15, 0.2) is 36.4 Å². The molecule has 5 atom stereocenters. The standard InChI is InChI=1S/C34H45N7O8S/c1-33(2,3)49-32(46)38-25-14-8-6-4-5-7-11-20-18-34(20,31(45)40-50(47,48)22-15-16-22)39-28(42)26-17-21(19-41(26)30(25)44)35-29(43)27-36-23-12-9-10-13-24(23)37-27/h7,9-13,20-22,25-26H,4-6,8,14-19H2,1-3H3,(H,35,43)(H,36,37)(H,38,46)(H,39,42)(H,40,45)/b11-7-/t20-,21-,25+,26+,34-/m1/s1. The lowest BCUT2D eigenvalue weighted by Gasteiger charge is -2.30. The summed E-state index contributed by atoms with van der Waals surface area (Å²) in [6.07, 6.45) is 7.20. The first-order valence-corrected chi connectivity index (χ1v) is 18.8. The highest BCUT2D eigenvalue weighted by Crippen LogP contribution is 2.46. The van der Waals surface area contributed by atoms with E-state index in [0.29, 0.717) is 36.7 Å². The lowest BCUT2D eigenvalue weighted by Crippen LogP contribution is -2.58.